The Morgan fingerprint density at radius 3 is 2.39 bits per heavy atom. The fraction of sp³-hybridized carbons (Fsp3) is 0.444. The van der Waals surface area contributed by atoms with Gasteiger partial charge in [0.15, 0.2) is 0 Å². The highest BCUT2D eigenvalue weighted by Crippen LogP contribution is 2.33. The van der Waals surface area contributed by atoms with Gasteiger partial charge in [0.2, 0.25) is 0 Å². The number of benzene rings is 2. The molecule has 10 heteroatoms. The Balaban J connectivity index is 1.25. The van der Waals surface area contributed by atoms with Crippen molar-refractivity contribution in [2.24, 2.45) is 0 Å². The molecule has 5 rings (SSSR count). The van der Waals surface area contributed by atoms with Crippen molar-refractivity contribution in [3.05, 3.63) is 71.6 Å². The van der Waals surface area contributed by atoms with Gasteiger partial charge in [-0.05, 0) is 102 Å². The van der Waals surface area contributed by atoms with Crippen LogP contribution in [0.15, 0.2) is 48.7 Å². The molecule has 1 fully saturated rings. The molecule has 0 saturated carbocycles. The van der Waals surface area contributed by atoms with E-state index in [9.17, 15) is 9.59 Å². The number of hydrogen-bond acceptors (Lipinski definition) is 6. The number of rotatable bonds is 6. The van der Waals surface area contributed by atoms with Crippen LogP contribution in [0.4, 0.5) is 9.59 Å². The molecule has 3 heterocycles. The van der Waals surface area contributed by atoms with Crippen LogP contribution in [0.25, 0.3) is 22.2 Å². The van der Waals surface area contributed by atoms with Crippen molar-refractivity contribution in [2.75, 3.05) is 13.1 Å². The molecule has 0 bridgehead atoms. The standard InChI is InChI=1S/C36H44N6O4/c1-8-19-41(33(43)45-35(2,3)4)23-31-37-22-27(38-31)17-13-24-11-14-25(15-12-24)26-16-18-28-29(21-26)40-32(39-28)30-10-9-20-42(30)34(44)46-36(5,6)7/h11-12,14-16,18,21-22,30H,8-10,19-20,23H2,1-7H3,(H,37,38)(H,39,40)/t30-/m0/s1. The molecule has 2 aromatic heterocycles. The Morgan fingerprint density at radius 1 is 0.978 bits per heavy atom. The zero-order valence-electron chi connectivity index (χ0n) is 27.9. The van der Waals surface area contributed by atoms with E-state index in [1.807, 2.05) is 78.8 Å². The minimum absolute atomic E-state index is 0.130. The van der Waals surface area contributed by atoms with Crippen molar-refractivity contribution in [2.45, 2.75) is 91.5 Å². The monoisotopic (exact) mass is 624 g/mol. The van der Waals surface area contributed by atoms with Crippen molar-refractivity contribution in [1.29, 1.82) is 0 Å². The third kappa shape index (κ3) is 8.27. The Morgan fingerprint density at radius 2 is 1.70 bits per heavy atom. The zero-order valence-corrected chi connectivity index (χ0v) is 27.9. The molecule has 1 aliphatic heterocycles. The van der Waals surface area contributed by atoms with Gasteiger partial charge in [-0.25, -0.2) is 19.6 Å². The van der Waals surface area contributed by atoms with Crippen LogP contribution in [0.3, 0.4) is 0 Å². The van der Waals surface area contributed by atoms with Crippen LogP contribution in [0.5, 0.6) is 0 Å². The van der Waals surface area contributed by atoms with Gasteiger partial charge in [0, 0.05) is 18.7 Å². The van der Waals surface area contributed by atoms with Gasteiger partial charge in [-0.15, -0.1) is 0 Å². The van der Waals surface area contributed by atoms with Crippen molar-refractivity contribution in [3.63, 3.8) is 0 Å². The quantitative estimate of drug-likeness (QED) is 0.214. The van der Waals surface area contributed by atoms with E-state index in [1.165, 1.54) is 0 Å². The molecule has 2 amide bonds. The van der Waals surface area contributed by atoms with E-state index in [2.05, 4.69) is 38.9 Å². The lowest BCUT2D eigenvalue weighted by Gasteiger charge is -2.27. The van der Waals surface area contributed by atoms with Crippen LogP contribution in [0.2, 0.25) is 0 Å². The van der Waals surface area contributed by atoms with Gasteiger partial charge in [-0.2, -0.15) is 0 Å². The SMILES string of the molecule is CCCN(Cc1ncc(C#Cc2ccc(-c3ccc4nc([C@@H]5CCCN5C(=O)OC(C)(C)C)[nH]c4c3)cc2)[nH]1)C(=O)OC(C)(C)C. The minimum atomic E-state index is -0.560. The highest BCUT2D eigenvalue weighted by atomic mass is 16.6. The number of likely N-dealkylation sites (tertiary alicyclic amines) is 1. The molecule has 46 heavy (non-hydrogen) atoms. The molecule has 2 aromatic carbocycles. The maximum atomic E-state index is 12.8. The molecule has 0 spiro atoms. The third-order valence-corrected chi connectivity index (χ3v) is 7.37. The number of nitrogens with zero attached hydrogens (tertiary/aromatic N) is 4. The first kappa shape index (κ1) is 32.6. The summed E-state index contributed by atoms with van der Waals surface area (Å²) in [4.78, 5) is 44.7. The number of aromatic nitrogens is 4. The first-order valence-corrected chi connectivity index (χ1v) is 15.9. The van der Waals surface area contributed by atoms with E-state index in [4.69, 9.17) is 14.5 Å². The highest BCUT2D eigenvalue weighted by molar-refractivity contribution is 5.82. The van der Waals surface area contributed by atoms with Crippen molar-refractivity contribution in [1.82, 2.24) is 29.7 Å². The summed E-state index contributed by atoms with van der Waals surface area (Å²) in [5.74, 6) is 7.77. The van der Waals surface area contributed by atoms with Gasteiger partial charge < -0.3 is 24.3 Å². The summed E-state index contributed by atoms with van der Waals surface area (Å²) in [5.41, 5.74) is 4.33. The second-order valence-electron chi connectivity index (χ2n) is 13.7. The van der Waals surface area contributed by atoms with Crippen LogP contribution in [-0.4, -0.2) is 66.2 Å². The number of carbonyl (C=O) groups excluding carboxylic acids is 2. The lowest BCUT2D eigenvalue weighted by molar-refractivity contribution is 0.0213. The zero-order chi connectivity index (χ0) is 33.1. The van der Waals surface area contributed by atoms with E-state index >= 15 is 0 Å². The maximum Gasteiger partial charge on any atom is 0.410 e. The summed E-state index contributed by atoms with van der Waals surface area (Å²) in [6.45, 7) is 14.8. The first-order chi connectivity index (χ1) is 21.8. The third-order valence-electron chi connectivity index (χ3n) is 7.37. The molecule has 0 radical (unpaired) electrons. The average Bonchev–Trinajstić information content (AvgIpc) is 3.73. The van der Waals surface area contributed by atoms with E-state index in [-0.39, 0.29) is 18.2 Å². The molecule has 0 unspecified atom stereocenters. The molecule has 0 aliphatic carbocycles. The van der Waals surface area contributed by atoms with Crippen molar-refractivity contribution in [3.8, 4) is 23.0 Å². The Kier molecular flexibility index (Phi) is 9.42. The average molecular weight is 625 g/mol. The van der Waals surface area contributed by atoms with Crippen LogP contribution < -0.4 is 0 Å². The lowest BCUT2D eigenvalue weighted by Crippen LogP contribution is -2.37. The van der Waals surface area contributed by atoms with Gasteiger partial charge in [0.1, 0.15) is 28.5 Å². The molecule has 1 saturated heterocycles. The smallest absolute Gasteiger partial charge is 0.410 e. The van der Waals surface area contributed by atoms with Gasteiger partial charge in [0.25, 0.3) is 0 Å². The summed E-state index contributed by atoms with van der Waals surface area (Å²) in [6, 6.07) is 14.1. The Labute approximate surface area is 270 Å². The van der Waals surface area contributed by atoms with E-state index < -0.39 is 11.2 Å². The minimum Gasteiger partial charge on any atom is -0.444 e. The molecule has 4 aromatic rings. The molecule has 1 aliphatic rings. The number of aromatic amines is 2. The molecule has 1 atom stereocenters. The number of nitrogens with one attached hydrogen (secondary N) is 2. The molecular formula is C36H44N6O4. The summed E-state index contributed by atoms with van der Waals surface area (Å²) < 4.78 is 11.2. The number of hydrogen-bond donors (Lipinski definition) is 2. The van der Waals surface area contributed by atoms with Crippen molar-refractivity contribution < 1.29 is 19.1 Å². The second kappa shape index (κ2) is 13.3. The second-order valence-corrected chi connectivity index (χ2v) is 13.7. The van der Waals surface area contributed by atoms with Gasteiger partial charge in [-0.1, -0.05) is 31.0 Å². The van der Waals surface area contributed by atoms with E-state index in [0.717, 1.165) is 52.8 Å². The predicted octanol–water partition coefficient (Wildman–Crippen LogP) is 7.57. The largest absolute Gasteiger partial charge is 0.444 e. The highest BCUT2D eigenvalue weighted by Gasteiger charge is 2.35. The fourth-order valence-corrected chi connectivity index (χ4v) is 5.36. The first-order valence-electron chi connectivity index (χ1n) is 15.9. The fourth-order valence-electron chi connectivity index (χ4n) is 5.36. The number of H-pyrrole nitrogens is 2. The molecule has 242 valence electrons. The Hall–Kier alpha value is -4.78. The number of ether oxygens (including phenoxy) is 2. The van der Waals surface area contributed by atoms with Crippen LogP contribution in [0, 0.1) is 11.8 Å². The van der Waals surface area contributed by atoms with E-state index in [0.29, 0.717) is 31.2 Å². The molecular weight excluding hydrogens is 580 g/mol. The number of amides is 2. The number of fused-ring (bicyclic) bond motifs is 1. The lowest BCUT2D eigenvalue weighted by atomic mass is 10.0. The summed E-state index contributed by atoms with van der Waals surface area (Å²) in [5, 5.41) is 0. The normalized spacial score (nSPS) is 15.0. The molecule has 2 N–H and O–H groups in total. The summed E-state index contributed by atoms with van der Waals surface area (Å²) in [6.07, 6.45) is 3.59. The molecule has 10 nitrogen and oxygen atoms in total. The van der Waals surface area contributed by atoms with Crippen molar-refractivity contribution >= 4 is 23.2 Å². The van der Waals surface area contributed by atoms with Crippen LogP contribution in [-0.2, 0) is 16.0 Å². The summed E-state index contributed by atoms with van der Waals surface area (Å²) in [7, 11) is 0. The number of imidazole rings is 2. The maximum absolute atomic E-state index is 12.8. The van der Waals surface area contributed by atoms with Crippen LogP contribution in [0.1, 0.15) is 96.7 Å². The topological polar surface area (TPSA) is 116 Å². The number of carbonyl (C=O) groups is 2. The predicted molar refractivity (Wildman–Crippen MR) is 178 cm³/mol. The van der Waals surface area contributed by atoms with Gasteiger partial charge >= 0.3 is 12.2 Å². The summed E-state index contributed by atoms with van der Waals surface area (Å²) >= 11 is 0. The van der Waals surface area contributed by atoms with Gasteiger partial charge in [-0.3, -0.25) is 4.90 Å². The van der Waals surface area contributed by atoms with E-state index in [1.54, 1.807) is 16.0 Å². The van der Waals surface area contributed by atoms with Gasteiger partial charge in [0.05, 0.1) is 29.8 Å². The van der Waals surface area contributed by atoms with Crippen LogP contribution >= 0.6 is 0 Å². The Bertz CT molecular complexity index is 1750.